The average Bonchev–Trinajstić information content (AvgIpc) is 2.83. The summed E-state index contributed by atoms with van der Waals surface area (Å²) in [4.78, 5) is 0. The molecular weight excluding hydrogens is 254 g/mol. The first-order chi connectivity index (χ1) is 10.3. The highest BCUT2D eigenvalue weighted by molar-refractivity contribution is 5.54. The van der Waals surface area contributed by atoms with Gasteiger partial charge in [0.15, 0.2) is 0 Å². The second-order valence-corrected chi connectivity index (χ2v) is 6.48. The van der Waals surface area contributed by atoms with Gasteiger partial charge in [-0.15, -0.1) is 0 Å². The Balaban J connectivity index is 1.88. The topological polar surface area (TPSA) is 12.0 Å². The van der Waals surface area contributed by atoms with Gasteiger partial charge in [0.2, 0.25) is 0 Å². The Kier molecular flexibility index (Phi) is 3.31. The van der Waals surface area contributed by atoms with Crippen molar-refractivity contribution in [3.63, 3.8) is 0 Å². The van der Waals surface area contributed by atoms with E-state index in [-0.39, 0.29) is 0 Å². The molecule has 1 heteroatoms. The predicted octanol–water partition coefficient (Wildman–Crippen LogP) is 3.76. The molecule has 108 valence electrons. The zero-order valence-corrected chi connectivity index (χ0v) is 12.8. The molecule has 2 aliphatic rings. The first-order valence-corrected chi connectivity index (χ1v) is 8.24. The Hall–Kier alpha value is -1.60. The summed E-state index contributed by atoms with van der Waals surface area (Å²) in [5.74, 6) is 0.618. The van der Waals surface area contributed by atoms with Crippen LogP contribution in [0.25, 0.3) is 0 Å². The summed E-state index contributed by atoms with van der Waals surface area (Å²) in [6.45, 7) is 4.57. The van der Waals surface area contributed by atoms with Gasteiger partial charge in [-0.3, -0.25) is 0 Å². The second-order valence-electron chi connectivity index (χ2n) is 6.48. The molecule has 1 N–H and O–H groups in total. The van der Waals surface area contributed by atoms with Crippen LogP contribution >= 0.6 is 0 Å². The average molecular weight is 277 g/mol. The van der Waals surface area contributed by atoms with E-state index in [4.69, 9.17) is 0 Å². The number of aryl methyl sites for hydroxylation is 1. The molecule has 21 heavy (non-hydrogen) atoms. The van der Waals surface area contributed by atoms with Crippen molar-refractivity contribution in [2.75, 3.05) is 13.1 Å². The lowest BCUT2D eigenvalue weighted by Crippen LogP contribution is -2.16. The van der Waals surface area contributed by atoms with Crippen LogP contribution in [0, 0.1) is 6.92 Å². The fraction of sp³-hybridized carbons (Fsp3) is 0.400. The maximum absolute atomic E-state index is 3.56. The maximum Gasteiger partial charge on any atom is 0.00981 e. The molecule has 4 rings (SSSR count). The highest BCUT2D eigenvalue weighted by atomic mass is 14.8. The van der Waals surface area contributed by atoms with Gasteiger partial charge in [-0.05, 0) is 79.1 Å². The molecule has 1 atom stereocenters. The summed E-state index contributed by atoms with van der Waals surface area (Å²) >= 11 is 0. The lowest BCUT2D eigenvalue weighted by Gasteiger charge is -2.20. The van der Waals surface area contributed by atoms with Gasteiger partial charge >= 0.3 is 0 Å². The third-order valence-electron chi connectivity index (χ3n) is 5.26. The molecule has 0 amide bonds. The minimum Gasteiger partial charge on any atom is -0.316 e. The van der Waals surface area contributed by atoms with Gasteiger partial charge in [0.1, 0.15) is 0 Å². The molecule has 0 radical (unpaired) electrons. The molecule has 1 heterocycles. The number of nitrogens with one attached hydrogen (secondary N) is 1. The molecule has 2 aromatic carbocycles. The van der Waals surface area contributed by atoms with Crippen LogP contribution in [0.3, 0.4) is 0 Å². The smallest absolute Gasteiger partial charge is 0.00981 e. The molecule has 0 saturated carbocycles. The highest BCUT2D eigenvalue weighted by Gasteiger charge is 2.29. The van der Waals surface area contributed by atoms with Crippen LogP contribution in [0.1, 0.15) is 45.7 Å². The summed E-state index contributed by atoms with van der Waals surface area (Å²) in [5.41, 5.74) is 9.60. The summed E-state index contributed by atoms with van der Waals surface area (Å²) in [5, 5.41) is 3.56. The summed E-state index contributed by atoms with van der Waals surface area (Å²) in [6, 6.07) is 13.6. The SMILES string of the molecule is Cc1cc2c(c3c1CCC3c1ccccc1)CCNCC2. The van der Waals surface area contributed by atoms with Gasteiger partial charge < -0.3 is 5.32 Å². The number of hydrogen-bond acceptors (Lipinski definition) is 1. The largest absolute Gasteiger partial charge is 0.316 e. The van der Waals surface area contributed by atoms with E-state index in [0.717, 1.165) is 13.1 Å². The van der Waals surface area contributed by atoms with E-state index in [1.54, 1.807) is 22.3 Å². The van der Waals surface area contributed by atoms with E-state index in [9.17, 15) is 0 Å². The van der Waals surface area contributed by atoms with Crippen LogP contribution in [0.15, 0.2) is 36.4 Å². The zero-order chi connectivity index (χ0) is 14.2. The lowest BCUT2D eigenvalue weighted by molar-refractivity contribution is 0.708. The lowest BCUT2D eigenvalue weighted by atomic mass is 9.84. The van der Waals surface area contributed by atoms with Gasteiger partial charge in [-0.1, -0.05) is 36.4 Å². The van der Waals surface area contributed by atoms with E-state index in [1.807, 2.05) is 0 Å². The second kappa shape index (κ2) is 5.31. The maximum atomic E-state index is 3.56. The van der Waals surface area contributed by atoms with Gasteiger partial charge in [0, 0.05) is 5.92 Å². The van der Waals surface area contributed by atoms with E-state index < -0.39 is 0 Å². The summed E-state index contributed by atoms with van der Waals surface area (Å²) in [7, 11) is 0. The molecule has 0 saturated heterocycles. The van der Waals surface area contributed by atoms with E-state index in [1.165, 1.54) is 36.8 Å². The molecule has 2 aromatic rings. The van der Waals surface area contributed by atoms with Crippen molar-refractivity contribution >= 4 is 0 Å². The van der Waals surface area contributed by atoms with Crippen molar-refractivity contribution in [2.45, 2.75) is 38.5 Å². The van der Waals surface area contributed by atoms with Gasteiger partial charge in [0.25, 0.3) is 0 Å². The van der Waals surface area contributed by atoms with Crippen molar-refractivity contribution in [1.29, 1.82) is 0 Å². The van der Waals surface area contributed by atoms with Crippen LogP contribution in [0.5, 0.6) is 0 Å². The number of rotatable bonds is 1. The fourth-order valence-electron chi connectivity index (χ4n) is 4.29. The highest BCUT2D eigenvalue weighted by Crippen LogP contribution is 2.43. The number of fused-ring (bicyclic) bond motifs is 3. The Bertz CT molecular complexity index is 657. The predicted molar refractivity (Wildman–Crippen MR) is 88.1 cm³/mol. The molecule has 0 fully saturated rings. The molecule has 0 spiro atoms. The van der Waals surface area contributed by atoms with Gasteiger partial charge in [-0.2, -0.15) is 0 Å². The van der Waals surface area contributed by atoms with E-state index in [0.29, 0.717) is 5.92 Å². The minimum absolute atomic E-state index is 0.618. The monoisotopic (exact) mass is 277 g/mol. The zero-order valence-electron chi connectivity index (χ0n) is 12.8. The Morgan fingerprint density at radius 2 is 1.76 bits per heavy atom. The van der Waals surface area contributed by atoms with Crippen molar-refractivity contribution in [3.8, 4) is 0 Å². The van der Waals surface area contributed by atoms with Crippen molar-refractivity contribution in [1.82, 2.24) is 5.32 Å². The van der Waals surface area contributed by atoms with E-state index >= 15 is 0 Å². The van der Waals surface area contributed by atoms with Crippen LogP contribution < -0.4 is 5.32 Å². The minimum atomic E-state index is 0.618. The van der Waals surface area contributed by atoms with Crippen molar-refractivity contribution < 1.29 is 0 Å². The third-order valence-corrected chi connectivity index (χ3v) is 5.26. The third kappa shape index (κ3) is 2.20. The van der Waals surface area contributed by atoms with Crippen molar-refractivity contribution in [2.24, 2.45) is 0 Å². The molecule has 1 aliphatic carbocycles. The van der Waals surface area contributed by atoms with Crippen LogP contribution in [-0.2, 0) is 19.3 Å². The first kappa shape index (κ1) is 13.1. The van der Waals surface area contributed by atoms with Crippen LogP contribution in [0.4, 0.5) is 0 Å². The Labute approximate surface area is 127 Å². The molecule has 1 unspecified atom stereocenters. The number of benzene rings is 2. The first-order valence-electron chi connectivity index (χ1n) is 8.24. The van der Waals surface area contributed by atoms with Gasteiger partial charge in [-0.25, -0.2) is 0 Å². The quantitative estimate of drug-likeness (QED) is 0.837. The van der Waals surface area contributed by atoms with Crippen LogP contribution in [0.2, 0.25) is 0 Å². The molecule has 1 nitrogen and oxygen atoms in total. The normalized spacial score (nSPS) is 20.7. The van der Waals surface area contributed by atoms with E-state index in [2.05, 4.69) is 48.6 Å². The molecular formula is C20H23N. The number of hydrogen-bond donors (Lipinski definition) is 1. The molecule has 1 aliphatic heterocycles. The Morgan fingerprint density at radius 3 is 2.62 bits per heavy atom. The summed E-state index contributed by atoms with van der Waals surface area (Å²) in [6.07, 6.45) is 4.91. The van der Waals surface area contributed by atoms with Crippen molar-refractivity contribution in [3.05, 3.63) is 69.8 Å². The molecule has 0 aromatic heterocycles. The van der Waals surface area contributed by atoms with Crippen LogP contribution in [-0.4, -0.2) is 13.1 Å². The van der Waals surface area contributed by atoms with Gasteiger partial charge in [0.05, 0.1) is 0 Å². The molecule has 0 bridgehead atoms. The standard InChI is InChI=1S/C20H23N/c1-14-13-16-9-11-21-12-10-19(16)20-17(14)7-8-18(20)15-5-3-2-4-6-15/h2-6,13,18,21H,7-12H2,1H3. The summed E-state index contributed by atoms with van der Waals surface area (Å²) < 4.78 is 0. The fourth-order valence-corrected chi connectivity index (χ4v) is 4.29. The Morgan fingerprint density at radius 1 is 0.952 bits per heavy atom.